The normalized spacial score (nSPS) is 10.8. The summed E-state index contributed by atoms with van der Waals surface area (Å²) in [5, 5.41) is 6.01. The second-order valence-corrected chi connectivity index (χ2v) is 7.57. The first kappa shape index (κ1) is 26.3. The Morgan fingerprint density at radius 3 is 2.45 bits per heavy atom. The third-order valence-electron chi connectivity index (χ3n) is 5.18. The molecule has 0 radical (unpaired) electrons. The molecule has 2 N–H and O–H groups in total. The number of carbonyl (C=O) groups is 2. The van der Waals surface area contributed by atoms with Crippen LogP contribution in [-0.4, -0.2) is 54.7 Å². The van der Waals surface area contributed by atoms with Crippen LogP contribution in [0.3, 0.4) is 0 Å². The van der Waals surface area contributed by atoms with E-state index in [1.807, 2.05) is 0 Å². The fraction of sp³-hybridized carbons (Fsp3) is 0.480. The van der Waals surface area contributed by atoms with E-state index in [0.29, 0.717) is 24.4 Å². The Labute approximate surface area is 196 Å². The summed E-state index contributed by atoms with van der Waals surface area (Å²) >= 11 is 0. The molecule has 33 heavy (non-hydrogen) atoms. The molecule has 0 aliphatic rings. The number of ether oxygens (including phenoxy) is 2. The number of esters is 1. The van der Waals surface area contributed by atoms with Gasteiger partial charge in [0.05, 0.1) is 17.9 Å². The lowest BCUT2D eigenvalue weighted by Gasteiger charge is -2.17. The van der Waals surface area contributed by atoms with Crippen LogP contribution in [0.25, 0.3) is 0 Å². The minimum atomic E-state index is -0.501. The number of rotatable bonds is 14. The van der Waals surface area contributed by atoms with Gasteiger partial charge in [0.15, 0.2) is 0 Å². The van der Waals surface area contributed by atoms with E-state index in [2.05, 4.69) is 34.4 Å². The highest BCUT2D eigenvalue weighted by atomic mass is 16.5. The molecule has 0 unspecified atom stereocenters. The molecular formula is C25H36N4O4. The zero-order valence-corrected chi connectivity index (χ0v) is 19.9. The van der Waals surface area contributed by atoms with Crippen molar-refractivity contribution in [3.63, 3.8) is 0 Å². The SMILES string of the molecule is CCOC(=O)Nc1ccc(COC(=O)c2ccnc(CNCCCCN(CC)CC)c2)cc1. The summed E-state index contributed by atoms with van der Waals surface area (Å²) < 4.78 is 10.3. The van der Waals surface area contributed by atoms with Crippen molar-refractivity contribution in [1.82, 2.24) is 15.2 Å². The zero-order chi connectivity index (χ0) is 23.9. The molecule has 180 valence electrons. The minimum Gasteiger partial charge on any atom is -0.457 e. The van der Waals surface area contributed by atoms with Crippen LogP contribution in [0.5, 0.6) is 0 Å². The summed E-state index contributed by atoms with van der Waals surface area (Å²) in [5.41, 5.74) is 2.72. The lowest BCUT2D eigenvalue weighted by Crippen LogP contribution is -2.25. The lowest BCUT2D eigenvalue weighted by atomic mass is 10.2. The van der Waals surface area contributed by atoms with Crippen LogP contribution in [-0.2, 0) is 22.6 Å². The van der Waals surface area contributed by atoms with Crippen LogP contribution in [0.2, 0.25) is 0 Å². The summed E-state index contributed by atoms with van der Waals surface area (Å²) in [7, 11) is 0. The molecule has 0 fully saturated rings. The third kappa shape index (κ3) is 10.0. The van der Waals surface area contributed by atoms with Crippen LogP contribution >= 0.6 is 0 Å². The average Bonchev–Trinajstić information content (AvgIpc) is 2.83. The molecule has 8 heteroatoms. The topological polar surface area (TPSA) is 92.8 Å². The number of benzene rings is 1. The summed E-state index contributed by atoms with van der Waals surface area (Å²) in [6, 6.07) is 10.5. The second kappa shape index (κ2) is 15.0. The van der Waals surface area contributed by atoms with E-state index >= 15 is 0 Å². The molecule has 0 aliphatic carbocycles. The average molecular weight is 457 g/mol. The van der Waals surface area contributed by atoms with Gasteiger partial charge >= 0.3 is 12.1 Å². The number of pyridine rings is 1. The highest BCUT2D eigenvalue weighted by molar-refractivity contribution is 5.89. The highest BCUT2D eigenvalue weighted by Gasteiger charge is 2.09. The molecular weight excluding hydrogens is 420 g/mol. The predicted molar refractivity (Wildman–Crippen MR) is 129 cm³/mol. The molecule has 0 bridgehead atoms. The standard InChI is InChI=1S/C25H36N4O4/c1-4-29(5-2)16-8-7-14-26-18-23-17-21(13-15-27-23)24(30)33-19-20-9-11-22(12-10-20)28-25(31)32-6-3/h9-13,15,17,26H,4-8,14,16,18-19H2,1-3H3,(H,28,31). The Morgan fingerprint density at radius 1 is 1.00 bits per heavy atom. The number of hydrogen-bond donors (Lipinski definition) is 2. The highest BCUT2D eigenvalue weighted by Crippen LogP contribution is 2.12. The zero-order valence-electron chi connectivity index (χ0n) is 19.9. The maximum Gasteiger partial charge on any atom is 0.411 e. The number of hydrogen-bond acceptors (Lipinski definition) is 7. The Kier molecular flexibility index (Phi) is 11.9. The number of nitrogens with one attached hydrogen (secondary N) is 2. The molecule has 1 aromatic heterocycles. The maximum absolute atomic E-state index is 12.4. The van der Waals surface area contributed by atoms with Gasteiger partial charge in [-0.25, -0.2) is 9.59 Å². The molecule has 1 amide bonds. The van der Waals surface area contributed by atoms with E-state index in [1.54, 1.807) is 49.5 Å². The van der Waals surface area contributed by atoms with Crippen molar-refractivity contribution in [3.8, 4) is 0 Å². The Hall–Kier alpha value is -2.97. The van der Waals surface area contributed by atoms with Crippen molar-refractivity contribution < 1.29 is 19.1 Å². The van der Waals surface area contributed by atoms with Crippen LogP contribution in [0.1, 0.15) is 55.2 Å². The third-order valence-corrected chi connectivity index (χ3v) is 5.18. The van der Waals surface area contributed by atoms with Gasteiger partial charge in [-0.15, -0.1) is 0 Å². The van der Waals surface area contributed by atoms with E-state index in [1.165, 1.54) is 0 Å². The van der Waals surface area contributed by atoms with Crippen LogP contribution in [0.4, 0.5) is 10.5 Å². The lowest BCUT2D eigenvalue weighted by molar-refractivity contribution is 0.0472. The molecule has 0 saturated heterocycles. The van der Waals surface area contributed by atoms with E-state index in [0.717, 1.165) is 50.3 Å². The first-order valence-electron chi connectivity index (χ1n) is 11.6. The number of nitrogens with zero attached hydrogens (tertiary/aromatic N) is 2. The summed E-state index contributed by atoms with van der Waals surface area (Å²) in [6.45, 7) is 11.4. The molecule has 1 heterocycles. The van der Waals surface area contributed by atoms with E-state index in [-0.39, 0.29) is 6.61 Å². The van der Waals surface area contributed by atoms with Gasteiger partial charge in [0, 0.05) is 18.4 Å². The number of carbonyl (C=O) groups excluding carboxylic acids is 2. The van der Waals surface area contributed by atoms with E-state index < -0.39 is 12.1 Å². The molecule has 2 rings (SSSR count). The Bertz CT molecular complexity index is 854. The second-order valence-electron chi connectivity index (χ2n) is 7.57. The Balaban J connectivity index is 1.73. The van der Waals surface area contributed by atoms with Crippen LogP contribution in [0, 0.1) is 0 Å². The summed E-state index contributed by atoms with van der Waals surface area (Å²) in [6.07, 6.45) is 3.39. The first-order valence-corrected chi connectivity index (χ1v) is 11.6. The Morgan fingerprint density at radius 2 is 1.76 bits per heavy atom. The van der Waals surface area contributed by atoms with Crippen LogP contribution < -0.4 is 10.6 Å². The van der Waals surface area contributed by atoms with Crippen molar-refractivity contribution in [2.24, 2.45) is 0 Å². The van der Waals surface area contributed by atoms with Crippen molar-refractivity contribution >= 4 is 17.7 Å². The van der Waals surface area contributed by atoms with Crippen LogP contribution in [0.15, 0.2) is 42.6 Å². The summed E-state index contributed by atoms with van der Waals surface area (Å²) in [4.78, 5) is 30.6. The van der Waals surface area contributed by atoms with Gasteiger partial charge in [-0.3, -0.25) is 10.3 Å². The fourth-order valence-electron chi connectivity index (χ4n) is 3.25. The molecule has 8 nitrogen and oxygen atoms in total. The smallest absolute Gasteiger partial charge is 0.411 e. The van der Waals surface area contributed by atoms with Crippen molar-refractivity contribution in [3.05, 3.63) is 59.4 Å². The molecule has 0 saturated carbocycles. The first-order chi connectivity index (χ1) is 16.0. The number of anilines is 1. The largest absolute Gasteiger partial charge is 0.457 e. The quantitative estimate of drug-likeness (QED) is 0.325. The maximum atomic E-state index is 12.4. The van der Waals surface area contributed by atoms with Crippen molar-refractivity contribution in [2.45, 2.75) is 46.8 Å². The number of unbranched alkanes of at least 4 members (excludes halogenated alkanes) is 1. The van der Waals surface area contributed by atoms with Gasteiger partial charge in [0.2, 0.25) is 0 Å². The molecule has 0 aliphatic heterocycles. The summed E-state index contributed by atoms with van der Waals surface area (Å²) in [5.74, 6) is -0.397. The molecule has 2 aromatic rings. The van der Waals surface area contributed by atoms with Crippen molar-refractivity contribution in [2.75, 3.05) is 38.1 Å². The van der Waals surface area contributed by atoms with Crippen molar-refractivity contribution in [1.29, 1.82) is 0 Å². The fourth-order valence-corrected chi connectivity index (χ4v) is 3.25. The molecule has 0 atom stereocenters. The van der Waals surface area contributed by atoms with Gasteiger partial charge < -0.3 is 19.7 Å². The van der Waals surface area contributed by atoms with Gasteiger partial charge in [-0.2, -0.15) is 0 Å². The van der Waals surface area contributed by atoms with Gasteiger partial charge in [0.25, 0.3) is 0 Å². The predicted octanol–water partition coefficient (Wildman–Crippen LogP) is 4.22. The number of aromatic nitrogens is 1. The van der Waals surface area contributed by atoms with E-state index in [9.17, 15) is 9.59 Å². The minimum absolute atomic E-state index is 0.140. The van der Waals surface area contributed by atoms with Gasteiger partial charge in [0.1, 0.15) is 6.61 Å². The van der Waals surface area contributed by atoms with Gasteiger partial charge in [-0.1, -0.05) is 26.0 Å². The molecule has 1 aromatic carbocycles. The number of amides is 1. The monoisotopic (exact) mass is 456 g/mol. The van der Waals surface area contributed by atoms with Gasteiger partial charge in [-0.05, 0) is 75.8 Å². The molecule has 0 spiro atoms. The van der Waals surface area contributed by atoms with E-state index in [4.69, 9.17) is 9.47 Å².